The van der Waals surface area contributed by atoms with E-state index in [2.05, 4.69) is 20.0 Å². The van der Waals surface area contributed by atoms with Crippen LogP contribution in [0.5, 0.6) is 11.5 Å². The third kappa shape index (κ3) is 6.40. The highest BCUT2D eigenvalue weighted by Gasteiger charge is 2.29. The van der Waals surface area contributed by atoms with Crippen molar-refractivity contribution in [3.8, 4) is 11.5 Å². The Bertz CT molecular complexity index is 1410. The van der Waals surface area contributed by atoms with E-state index in [1.807, 2.05) is 4.90 Å². The number of aromatic amines is 1. The maximum Gasteiger partial charge on any atom is 0.268 e. The van der Waals surface area contributed by atoms with Crippen molar-refractivity contribution in [1.82, 2.24) is 19.6 Å². The van der Waals surface area contributed by atoms with Crippen LogP contribution in [0.25, 0.3) is 0 Å². The Hall–Kier alpha value is -3.61. The number of benzene rings is 1. The average molecular weight is 530 g/mol. The largest absolute Gasteiger partial charge is 0.456 e. The zero-order valence-electron chi connectivity index (χ0n) is 20.4. The van der Waals surface area contributed by atoms with Gasteiger partial charge in [-0.1, -0.05) is 0 Å². The topological polar surface area (TPSA) is 133 Å². The van der Waals surface area contributed by atoms with Gasteiger partial charge in [-0.15, -0.1) is 0 Å². The molecule has 3 heterocycles. The van der Waals surface area contributed by atoms with Crippen molar-refractivity contribution in [2.75, 3.05) is 25.5 Å². The Kier molecular flexibility index (Phi) is 8.00. The number of nitrogens with zero attached hydrogens (tertiary/aromatic N) is 2. The van der Waals surface area contributed by atoms with Crippen LogP contribution in [0.2, 0.25) is 0 Å². The highest BCUT2D eigenvalue weighted by molar-refractivity contribution is 7.89. The van der Waals surface area contributed by atoms with E-state index in [0.29, 0.717) is 36.0 Å². The zero-order chi connectivity index (χ0) is 26.6. The summed E-state index contributed by atoms with van der Waals surface area (Å²) in [6, 6.07) is 9.81. The number of sulfonamides is 1. The number of rotatable bonds is 8. The highest BCUT2D eigenvalue weighted by Crippen LogP contribution is 2.28. The maximum absolute atomic E-state index is 13.0. The summed E-state index contributed by atoms with van der Waals surface area (Å²) in [6.07, 6.45) is 4.61. The van der Waals surface area contributed by atoms with Crippen molar-refractivity contribution in [3.63, 3.8) is 0 Å². The molecule has 1 unspecified atom stereocenters. The van der Waals surface area contributed by atoms with E-state index in [4.69, 9.17) is 4.74 Å². The standard InChI is InChI=1S/C25H28FN5O5S/c1-16(24(32)30-23-10-9-21(14-28-23)36-20-7-5-19(26)6-8-20)31-11-3-4-17(15-31)18-12-22(25(33)29-13-18)37(34,35)27-2/h5-10,12-14,16-17,27H,3-4,11,15H2,1-2H3,(H,29,33)(H,28,30,32)/t16?,17-/m0/s1. The van der Waals surface area contributed by atoms with E-state index in [0.717, 1.165) is 12.8 Å². The SMILES string of the molecule is CNS(=O)(=O)c1cc([C@H]2CCCN(C(C)C(=O)Nc3ccc(Oc4ccc(F)cc4)cn3)C2)c[nH]c1=O. The van der Waals surface area contributed by atoms with Crippen LogP contribution < -0.4 is 20.3 Å². The molecule has 0 radical (unpaired) electrons. The number of anilines is 1. The van der Waals surface area contributed by atoms with E-state index in [1.54, 1.807) is 19.1 Å². The summed E-state index contributed by atoms with van der Waals surface area (Å²) in [7, 11) is -2.64. The molecule has 3 N–H and O–H groups in total. The minimum Gasteiger partial charge on any atom is -0.456 e. The first kappa shape index (κ1) is 26.5. The van der Waals surface area contributed by atoms with Gasteiger partial charge in [-0.05, 0) is 87.3 Å². The molecule has 1 saturated heterocycles. The van der Waals surface area contributed by atoms with E-state index >= 15 is 0 Å². The Morgan fingerprint density at radius 2 is 1.95 bits per heavy atom. The van der Waals surface area contributed by atoms with Gasteiger partial charge in [-0.3, -0.25) is 14.5 Å². The molecule has 2 atom stereocenters. The van der Waals surface area contributed by atoms with Crippen molar-refractivity contribution in [3.05, 3.63) is 76.6 Å². The number of likely N-dealkylation sites (tertiary alicyclic amines) is 1. The fourth-order valence-electron chi connectivity index (χ4n) is 4.20. The van der Waals surface area contributed by atoms with Crippen LogP contribution in [0.15, 0.2) is 64.5 Å². The Morgan fingerprint density at radius 3 is 2.62 bits per heavy atom. The fraction of sp³-hybridized carbons (Fsp3) is 0.320. The van der Waals surface area contributed by atoms with Crippen LogP contribution >= 0.6 is 0 Å². The summed E-state index contributed by atoms with van der Waals surface area (Å²) in [5, 5.41) is 2.80. The van der Waals surface area contributed by atoms with Gasteiger partial charge >= 0.3 is 0 Å². The average Bonchev–Trinajstić information content (AvgIpc) is 2.91. The Balaban J connectivity index is 1.39. The Morgan fingerprint density at radius 1 is 1.22 bits per heavy atom. The second-order valence-corrected chi connectivity index (χ2v) is 10.6. The van der Waals surface area contributed by atoms with Crippen molar-refractivity contribution in [2.45, 2.75) is 36.6 Å². The number of carbonyl (C=O) groups is 1. The number of hydrogen-bond acceptors (Lipinski definition) is 7. The first-order valence-electron chi connectivity index (χ1n) is 11.8. The van der Waals surface area contributed by atoms with E-state index in [9.17, 15) is 22.4 Å². The molecule has 196 valence electrons. The predicted molar refractivity (Wildman–Crippen MR) is 136 cm³/mol. The van der Waals surface area contributed by atoms with Gasteiger partial charge in [-0.2, -0.15) is 0 Å². The van der Waals surface area contributed by atoms with Crippen molar-refractivity contribution >= 4 is 21.7 Å². The number of H-pyrrole nitrogens is 1. The lowest BCUT2D eigenvalue weighted by Gasteiger charge is -2.36. The fourth-order valence-corrected chi connectivity index (χ4v) is 5.02. The molecule has 10 nitrogen and oxygen atoms in total. The van der Waals surface area contributed by atoms with Gasteiger partial charge in [0.05, 0.1) is 12.2 Å². The summed E-state index contributed by atoms with van der Waals surface area (Å²) in [4.78, 5) is 33.4. The first-order chi connectivity index (χ1) is 17.7. The highest BCUT2D eigenvalue weighted by atomic mass is 32.2. The van der Waals surface area contributed by atoms with Gasteiger partial charge in [0.15, 0.2) is 0 Å². The summed E-state index contributed by atoms with van der Waals surface area (Å²) in [6.45, 7) is 3.03. The van der Waals surface area contributed by atoms with Crippen LogP contribution in [-0.4, -0.2) is 55.4 Å². The molecule has 0 aliphatic carbocycles. The number of pyridine rings is 2. The lowest BCUT2D eigenvalue weighted by Crippen LogP contribution is -2.46. The molecule has 4 rings (SSSR count). The van der Waals surface area contributed by atoms with Gasteiger partial charge in [0.25, 0.3) is 5.56 Å². The first-order valence-corrected chi connectivity index (χ1v) is 13.2. The van der Waals surface area contributed by atoms with Crippen molar-refractivity contribution < 1.29 is 22.3 Å². The summed E-state index contributed by atoms with van der Waals surface area (Å²) in [5.41, 5.74) is 0.0178. The predicted octanol–water partition coefficient (Wildman–Crippen LogP) is 2.82. The lowest BCUT2D eigenvalue weighted by atomic mass is 9.91. The molecule has 2 aromatic heterocycles. The lowest BCUT2D eigenvalue weighted by molar-refractivity contribution is -0.121. The number of halogens is 1. The minimum absolute atomic E-state index is 0.0484. The minimum atomic E-state index is -3.89. The Labute approximate surface area is 213 Å². The molecule has 1 amide bonds. The maximum atomic E-state index is 13.0. The third-order valence-corrected chi connectivity index (χ3v) is 7.76. The van der Waals surface area contributed by atoms with Crippen LogP contribution in [-0.2, 0) is 14.8 Å². The summed E-state index contributed by atoms with van der Waals surface area (Å²) in [5.74, 6) is 0.624. The second-order valence-electron chi connectivity index (χ2n) is 8.77. The molecule has 1 fully saturated rings. The zero-order valence-corrected chi connectivity index (χ0v) is 21.2. The van der Waals surface area contributed by atoms with Crippen molar-refractivity contribution in [2.24, 2.45) is 0 Å². The number of aromatic nitrogens is 2. The molecular formula is C25H28FN5O5S. The normalized spacial score (nSPS) is 17.2. The number of nitrogens with one attached hydrogen (secondary N) is 3. The monoisotopic (exact) mass is 529 g/mol. The molecule has 1 aliphatic rings. The number of hydrogen-bond donors (Lipinski definition) is 3. The second kappa shape index (κ2) is 11.2. The molecule has 0 spiro atoms. The third-order valence-electron chi connectivity index (χ3n) is 6.34. The molecule has 0 saturated carbocycles. The van der Waals surface area contributed by atoms with Crippen molar-refractivity contribution in [1.29, 1.82) is 0 Å². The number of carbonyl (C=O) groups excluding carboxylic acids is 1. The quantitative estimate of drug-likeness (QED) is 0.409. The van der Waals surface area contributed by atoms with Gasteiger partial charge in [0.2, 0.25) is 15.9 Å². The van der Waals surface area contributed by atoms with Crippen LogP contribution in [0, 0.1) is 5.82 Å². The summed E-state index contributed by atoms with van der Waals surface area (Å²) < 4.78 is 45.2. The smallest absolute Gasteiger partial charge is 0.268 e. The van der Waals surface area contributed by atoms with Gasteiger partial charge < -0.3 is 15.0 Å². The van der Waals surface area contributed by atoms with Gasteiger partial charge in [0.1, 0.15) is 28.0 Å². The number of amides is 1. The number of piperidine rings is 1. The molecule has 1 aliphatic heterocycles. The van der Waals surface area contributed by atoms with E-state index in [-0.39, 0.29) is 22.5 Å². The molecular weight excluding hydrogens is 501 g/mol. The van der Waals surface area contributed by atoms with Gasteiger partial charge in [-0.25, -0.2) is 22.5 Å². The number of ether oxygens (including phenoxy) is 1. The summed E-state index contributed by atoms with van der Waals surface area (Å²) >= 11 is 0. The molecule has 12 heteroatoms. The van der Waals surface area contributed by atoms with Gasteiger partial charge in [0, 0.05) is 12.7 Å². The molecule has 3 aromatic rings. The molecule has 37 heavy (non-hydrogen) atoms. The van der Waals surface area contributed by atoms with Crippen LogP contribution in [0.3, 0.4) is 0 Å². The van der Waals surface area contributed by atoms with E-state index in [1.165, 1.54) is 49.8 Å². The van der Waals surface area contributed by atoms with Crippen LogP contribution in [0.1, 0.15) is 31.2 Å². The van der Waals surface area contributed by atoms with Crippen LogP contribution in [0.4, 0.5) is 10.2 Å². The molecule has 0 bridgehead atoms. The molecule has 1 aromatic carbocycles. The van der Waals surface area contributed by atoms with E-state index < -0.39 is 21.6 Å².